The number of sulfonamides is 1. The molecule has 2 atom stereocenters. The number of likely N-dealkylation sites (tertiary alicyclic amines) is 1. The fourth-order valence-electron chi connectivity index (χ4n) is 3.96. The Labute approximate surface area is 175 Å². The molecule has 1 aliphatic rings. The van der Waals surface area contributed by atoms with Crippen molar-refractivity contribution in [3.63, 3.8) is 0 Å². The van der Waals surface area contributed by atoms with Crippen LogP contribution in [0.5, 0.6) is 5.75 Å². The Morgan fingerprint density at radius 2 is 1.86 bits per heavy atom. The van der Waals surface area contributed by atoms with Crippen molar-refractivity contribution in [2.24, 2.45) is 11.8 Å². The third kappa shape index (κ3) is 6.42. The van der Waals surface area contributed by atoms with Gasteiger partial charge in [0.05, 0.1) is 7.11 Å². The molecule has 29 heavy (non-hydrogen) atoms. The summed E-state index contributed by atoms with van der Waals surface area (Å²) in [6.07, 6.45) is 3.23. The zero-order valence-corrected chi connectivity index (χ0v) is 19.1. The first-order valence-electron chi connectivity index (χ1n) is 10.3. The van der Waals surface area contributed by atoms with Gasteiger partial charge in [0.25, 0.3) is 5.91 Å². The molecular weight excluding hydrogens is 390 g/mol. The van der Waals surface area contributed by atoms with Gasteiger partial charge in [0, 0.05) is 39.3 Å². The number of methoxy groups -OCH3 is 1. The van der Waals surface area contributed by atoms with Gasteiger partial charge in [-0.2, -0.15) is 0 Å². The Bertz CT molecular complexity index is 785. The second-order valence-corrected chi connectivity index (χ2v) is 10.4. The highest BCUT2D eigenvalue weighted by atomic mass is 32.2. The minimum absolute atomic E-state index is 0.00834. The number of hydrogen-bond acceptors (Lipinski definition) is 5. The minimum Gasteiger partial charge on any atom is -0.495 e. The molecule has 1 heterocycles. The van der Waals surface area contributed by atoms with Crippen LogP contribution in [0.1, 0.15) is 43.5 Å². The molecule has 0 radical (unpaired) electrons. The van der Waals surface area contributed by atoms with Gasteiger partial charge in [-0.1, -0.05) is 13.8 Å². The van der Waals surface area contributed by atoms with Crippen molar-refractivity contribution in [2.75, 3.05) is 47.4 Å². The standard InChI is InChI=1S/C21H35N3O4S/c1-16-12-17(2)15-24(14-16)11-7-6-10-22-21(25)18-8-9-19(28-5)20(13-18)29(26,27)23(3)4/h8-9,13,16-17H,6-7,10-12,14-15H2,1-5H3,(H,22,25)/t16-,17+. The largest absolute Gasteiger partial charge is 0.495 e. The molecule has 0 spiro atoms. The van der Waals surface area contributed by atoms with Crippen LogP contribution in [-0.2, 0) is 10.0 Å². The zero-order valence-electron chi connectivity index (χ0n) is 18.3. The minimum atomic E-state index is -3.70. The van der Waals surface area contributed by atoms with Crippen LogP contribution in [0.4, 0.5) is 0 Å². The maximum absolute atomic E-state index is 12.5. The number of rotatable bonds is 9. The lowest BCUT2D eigenvalue weighted by atomic mass is 9.92. The smallest absolute Gasteiger partial charge is 0.251 e. The topological polar surface area (TPSA) is 79.0 Å². The molecule has 8 heteroatoms. The molecule has 1 aliphatic heterocycles. The van der Waals surface area contributed by atoms with Crippen molar-refractivity contribution in [3.05, 3.63) is 23.8 Å². The molecule has 0 saturated carbocycles. The SMILES string of the molecule is COc1ccc(C(=O)NCCCCN2C[C@H](C)C[C@H](C)C2)cc1S(=O)(=O)N(C)C. The van der Waals surface area contributed by atoms with Gasteiger partial charge in [-0.15, -0.1) is 0 Å². The molecule has 0 aliphatic carbocycles. The summed E-state index contributed by atoms with van der Waals surface area (Å²) in [6.45, 7) is 8.56. The fraction of sp³-hybridized carbons (Fsp3) is 0.667. The van der Waals surface area contributed by atoms with Gasteiger partial charge >= 0.3 is 0 Å². The van der Waals surface area contributed by atoms with Gasteiger partial charge < -0.3 is 15.0 Å². The second kappa shape index (κ2) is 10.4. The van der Waals surface area contributed by atoms with Gasteiger partial charge in [0.2, 0.25) is 10.0 Å². The van der Waals surface area contributed by atoms with Crippen molar-refractivity contribution >= 4 is 15.9 Å². The van der Waals surface area contributed by atoms with Gasteiger partial charge in [-0.3, -0.25) is 4.79 Å². The monoisotopic (exact) mass is 425 g/mol. The summed E-state index contributed by atoms with van der Waals surface area (Å²) >= 11 is 0. The van der Waals surface area contributed by atoms with E-state index in [4.69, 9.17) is 4.74 Å². The summed E-state index contributed by atoms with van der Waals surface area (Å²) in [5.74, 6) is 1.45. The fourth-order valence-corrected chi connectivity index (χ4v) is 5.03. The molecule has 1 aromatic carbocycles. The van der Waals surface area contributed by atoms with E-state index in [1.165, 1.54) is 39.8 Å². The highest BCUT2D eigenvalue weighted by Gasteiger charge is 2.24. The van der Waals surface area contributed by atoms with Crippen molar-refractivity contribution < 1.29 is 17.9 Å². The maximum Gasteiger partial charge on any atom is 0.251 e. The van der Waals surface area contributed by atoms with Gasteiger partial charge in [-0.25, -0.2) is 12.7 Å². The van der Waals surface area contributed by atoms with Crippen LogP contribution in [-0.4, -0.2) is 70.9 Å². The Kier molecular flexibility index (Phi) is 8.48. The summed E-state index contributed by atoms with van der Waals surface area (Å²) in [6, 6.07) is 4.48. The van der Waals surface area contributed by atoms with Crippen LogP contribution >= 0.6 is 0 Å². The first kappa shape index (κ1) is 23.6. The summed E-state index contributed by atoms with van der Waals surface area (Å²) in [7, 11) is 0.606. The van der Waals surface area contributed by atoms with E-state index in [1.54, 1.807) is 6.07 Å². The van der Waals surface area contributed by atoms with Crippen LogP contribution in [0, 0.1) is 11.8 Å². The number of unbranched alkanes of at least 4 members (excludes halogenated alkanes) is 1. The van der Waals surface area contributed by atoms with E-state index in [9.17, 15) is 13.2 Å². The predicted octanol–water partition coefficient (Wildman–Crippen LogP) is 2.43. The molecule has 0 bridgehead atoms. The summed E-state index contributed by atoms with van der Waals surface area (Å²) in [4.78, 5) is 15.0. The molecule has 0 unspecified atom stereocenters. The summed E-state index contributed by atoms with van der Waals surface area (Å²) in [5.41, 5.74) is 0.310. The number of nitrogens with one attached hydrogen (secondary N) is 1. The molecule has 1 fully saturated rings. The second-order valence-electron chi connectivity index (χ2n) is 8.32. The lowest BCUT2D eigenvalue weighted by Crippen LogP contribution is -2.39. The summed E-state index contributed by atoms with van der Waals surface area (Å²) < 4.78 is 31.2. The highest BCUT2D eigenvalue weighted by molar-refractivity contribution is 7.89. The van der Waals surface area contributed by atoms with E-state index in [2.05, 4.69) is 24.1 Å². The Morgan fingerprint density at radius 3 is 2.45 bits per heavy atom. The van der Waals surface area contributed by atoms with E-state index < -0.39 is 10.0 Å². The number of piperidine rings is 1. The molecule has 1 saturated heterocycles. The number of carbonyl (C=O) groups excluding carboxylic acids is 1. The predicted molar refractivity (Wildman–Crippen MR) is 115 cm³/mol. The third-order valence-electron chi connectivity index (χ3n) is 5.32. The molecule has 1 amide bonds. The van der Waals surface area contributed by atoms with Gasteiger partial charge in [0.1, 0.15) is 10.6 Å². The Hall–Kier alpha value is -1.64. The number of benzene rings is 1. The van der Waals surface area contributed by atoms with Crippen molar-refractivity contribution in [1.29, 1.82) is 0 Å². The van der Waals surface area contributed by atoms with E-state index in [1.807, 2.05) is 0 Å². The van der Waals surface area contributed by atoms with E-state index in [0.29, 0.717) is 12.1 Å². The van der Waals surface area contributed by atoms with Gasteiger partial charge in [0.15, 0.2) is 0 Å². The average Bonchev–Trinajstić information content (AvgIpc) is 2.66. The zero-order chi connectivity index (χ0) is 21.6. The molecular formula is C21H35N3O4S. The highest BCUT2D eigenvalue weighted by Crippen LogP contribution is 2.27. The number of nitrogens with zero attached hydrogens (tertiary/aromatic N) is 2. The first-order chi connectivity index (χ1) is 13.6. The lowest BCUT2D eigenvalue weighted by Gasteiger charge is -2.34. The number of amides is 1. The number of ether oxygens (including phenoxy) is 1. The van der Waals surface area contributed by atoms with Crippen molar-refractivity contribution in [3.8, 4) is 5.75 Å². The van der Waals surface area contributed by atoms with Gasteiger partial charge in [-0.05, 0) is 55.8 Å². The number of carbonyl (C=O) groups is 1. The van der Waals surface area contributed by atoms with Crippen LogP contribution in [0.15, 0.2) is 23.1 Å². The van der Waals surface area contributed by atoms with Crippen molar-refractivity contribution in [1.82, 2.24) is 14.5 Å². The van der Waals surface area contributed by atoms with Crippen LogP contribution in [0.25, 0.3) is 0 Å². The quantitative estimate of drug-likeness (QED) is 0.615. The lowest BCUT2D eigenvalue weighted by molar-refractivity contribution is 0.0951. The third-order valence-corrected chi connectivity index (χ3v) is 7.15. The molecule has 7 nitrogen and oxygen atoms in total. The van der Waals surface area contributed by atoms with Crippen LogP contribution < -0.4 is 10.1 Å². The van der Waals surface area contributed by atoms with Crippen LogP contribution in [0.2, 0.25) is 0 Å². The van der Waals surface area contributed by atoms with E-state index in [0.717, 1.165) is 48.6 Å². The van der Waals surface area contributed by atoms with Crippen molar-refractivity contribution in [2.45, 2.75) is 38.0 Å². The van der Waals surface area contributed by atoms with Crippen LogP contribution in [0.3, 0.4) is 0 Å². The molecule has 1 N–H and O–H groups in total. The van der Waals surface area contributed by atoms with E-state index in [-0.39, 0.29) is 16.6 Å². The van der Waals surface area contributed by atoms with E-state index >= 15 is 0 Å². The summed E-state index contributed by atoms with van der Waals surface area (Å²) in [5, 5.41) is 2.89. The average molecular weight is 426 g/mol. The Morgan fingerprint density at radius 1 is 1.21 bits per heavy atom. The molecule has 164 valence electrons. The molecule has 0 aromatic heterocycles. The molecule has 2 rings (SSSR count). The normalized spacial score (nSPS) is 20.6. The number of hydrogen-bond donors (Lipinski definition) is 1. The maximum atomic E-state index is 12.5. The first-order valence-corrected chi connectivity index (χ1v) is 11.7. The molecule has 1 aromatic rings. The Balaban J connectivity index is 1.88.